The van der Waals surface area contributed by atoms with E-state index in [0.29, 0.717) is 49.1 Å². The lowest BCUT2D eigenvalue weighted by Crippen LogP contribution is -2.40. The number of ether oxygens (including phenoxy) is 2. The van der Waals surface area contributed by atoms with E-state index in [9.17, 15) is 13.2 Å². The lowest BCUT2D eigenvalue weighted by molar-refractivity contribution is 0.0464. The number of morpholine rings is 1. The van der Waals surface area contributed by atoms with Crippen molar-refractivity contribution in [1.29, 1.82) is 0 Å². The summed E-state index contributed by atoms with van der Waals surface area (Å²) in [4.78, 5) is 19.2. The Kier molecular flexibility index (Phi) is 7.18. The average molecular weight is 492 g/mol. The van der Waals surface area contributed by atoms with E-state index in [-0.39, 0.29) is 17.5 Å². The summed E-state index contributed by atoms with van der Waals surface area (Å²) < 4.78 is 40.4. The smallest absolute Gasteiger partial charge is 0.348 e. The molecule has 0 saturated carbocycles. The first-order chi connectivity index (χ1) is 15.8. The van der Waals surface area contributed by atoms with Gasteiger partial charge in [-0.25, -0.2) is 18.2 Å². The van der Waals surface area contributed by atoms with Crippen LogP contribution in [-0.4, -0.2) is 54.5 Å². The minimum atomic E-state index is -3.62. The van der Waals surface area contributed by atoms with Gasteiger partial charge in [-0.3, -0.25) is 0 Å². The average Bonchev–Trinajstić information content (AvgIpc) is 3.37. The van der Waals surface area contributed by atoms with Crippen LogP contribution in [0.15, 0.2) is 29.2 Å². The fraction of sp³-hybridized carbons (Fsp3) is 0.478. The number of hydrogen-bond acceptors (Lipinski definition) is 7. The second kappa shape index (κ2) is 9.92. The van der Waals surface area contributed by atoms with Gasteiger partial charge in [-0.15, -0.1) is 11.3 Å². The highest BCUT2D eigenvalue weighted by molar-refractivity contribution is 7.89. The summed E-state index contributed by atoms with van der Waals surface area (Å²) >= 11 is 1.46. The van der Waals surface area contributed by atoms with Gasteiger partial charge in [-0.1, -0.05) is 13.8 Å². The summed E-state index contributed by atoms with van der Waals surface area (Å²) in [7, 11) is -3.62. The first-order valence-corrected chi connectivity index (χ1v) is 13.4. The highest BCUT2D eigenvalue weighted by Crippen LogP contribution is 2.26. The molecule has 4 rings (SSSR count). The van der Waals surface area contributed by atoms with Crippen molar-refractivity contribution in [2.75, 3.05) is 26.3 Å². The molecule has 2 aromatic heterocycles. The molecule has 1 fully saturated rings. The highest BCUT2D eigenvalue weighted by atomic mass is 32.2. The molecule has 0 amide bonds. The van der Waals surface area contributed by atoms with Gasteiger partial charge >= 0.3 is 5.97 Å². The Morgan fingerprint density at radius 1 is 1.21 bits per heavy atom. The van der Waals surface area contributed by atoms with Crippen LogP contribution in [0.5, 0.6) is 0 Å². The normalized spacial score (nSPS) is 15.2. The molecule has 33 heavy (non-hydrogen) atoms. The van der Waals surface area contributed by atoms with Crippen molar-refractivity contribution in [2.45, 2.75) is 51.7 Å². The van der Waals surface area contributed by atoms with Gasteiger partial charge < -0.3 is 14.0 Å². The molecule has 0 N–H and O–H groups in total. The highest BCUT2D eigenvalue weighted by Gasteiger charge is 2.27. The van der Waals surface area contributed by atoms with E-state index in [2.05, 4.69) is 18.8 Å². The van der Waals surface area contributed by atoms with Crippen LogP contribution >= 0.6 is 11.3 Å². The van der Waals surface area contributed by atoms with Crippen molar-refractivity contribution >= 4 is 38.4 Å². The van der Waals surface area contributed by atoms with Gasteiger partial charge in [0.15, 0.2) is 0 Å². The number of sulfonamides is 1. The summed E-state index contributed by atoms with van der Waals surface area (Å²) in [5.74, 6) is 0.235. The van der Waals surface area contributed by atoms with Crippen molar-refractivity contribution in [3.63, 3.8) is 0 Å². The van der Waals surface area contributed by atoms with E-state index in [1.807, 2.05) is 17.6 Å². The monoisotopic (exact) mass is 491 g/mol. The van der Waals surface area contributed by atoms with Gasteiger partial charge in [0.25, 0.3) is 0 Å². The molecule has 1 aliphatic rings. The Morgan fingerprint density at radius 3 is 2.64 bits per heavy atom. The lowest BCUT2D eigenvalue weighted by atomic mass is 10.2. The molecule has 1 aliphatic heterocycles. The van der Waals surface area contributed by atoms with Crippen molar-refractivity contribution in [1.82, 2.24) is 13.9 Å². The van der Waals surface area contributed by atoms with E-state index in [1.165, 1.54) is 20.5 Å². The maximum atomic E-state index is 13.0. The van der Waals surface area contributed by atoms with E-state index >= 15 is 0 Å². The number of hydrogen-bond donors (Lipinski definition) is 0. The molecule has 1 saturated heterocycles. The minimum absolute atomic E-state index is 0.0253. The predicted octanol–water partition coefficient (Wildman–Crippen LogP) is 3.76. The summed E-state index contributed by atoms with van der Waals surface area (Å²) in [6, 6.07) is 6.88. The van der Waals surface area contributed by atoms with Crippen molar-refractivity contribution in [3.05, 3.63) is 45.4 Å². The molecular weight excluding hydrogens is 462 g/mol. The lowest BCUT2D eigenvalue weighted by Gasteiger charge is -2.26. The Morgan fingerprint density at radius 2 is 1.97 bits per heavy atom. The van der Waals surface area contributed by atoms with E-state index in [0.717, 1.165) is 23.9 Å². The zero-order valence-electron chi connectivity index (χ0n) is 19.2. The molecule has 3 aromatic rings. The van der Waals surface area contributed by atoms with E-state index < -0.39 is 10.0 Å². The van der Waals surface area contributed by atoms with E-state index in [4.69, 9.17) is 9.47 Å². The number of benzene rings is 1. The largest absolute Gasteiger partial charge is 0.453 e. The Balaban J connectivity index is 1.59. The molecule has 0 radical (unpaired) electrons. The van der Waals surface area contributed by atoms with Gasteiger partial charge in [-0.05, 0) is 49.6 Å². The van der Waals surface area contributed by atoms with Crippen molar-refractivity contribution in [2.24, 2.45) is 0 Å². The molecule has 0 spiro atoms. The molecule has 178 valence electrons. The Hall–Kier alpha value is -2.27. The third-order valence-electron chi connectivity index (χ3n) is 5.73. The van der Waals surface area contributed by atoms with E-state index in [1.54, 1.807) is 18.2 Å². The Labute approximate surface area is 198 Å². The summed E-state index contributed by atoms with van der Waals surface area (Å²) in [6.45, 7) is 8.30. The molecule has 10 heteroatoms. The topological polar surface area (TPSA) is 90.7 Å². The quantitative estimate of drug-likeness (QED) is 0.446. The summed E-state index contributed by atoms with van der Waals surface area (Å²) in [5, 5.41) is 0. The summed E-state index contributed by atoms with van der Waals surface area (Å²) in [5.41, 5.74) is 2.50. The van der Waals surface area contributed by atoms with Crippen LogP contribution in [0, 0.1) is 6.92 Å². The third-order valence-corrected chi connectivity index (χ3v) is 8.99. The third kappa shape index (κ3) is 4.84. The number of esters is 1. The first-order valence-electron chi connectivity index (χ1n) is 11.2. The maximum Gasteiger partial charge on any atom is 0.348 e. The predicted molar refractivity (Wildman–Crippen MR) is 127 cm³/mol. The van der Waals surface area contributed by atoms with Gasteiger partial charge in [0.05, 0.1) is 29.1 Å². The van der Waals surface area contributed by atoms with Crippen LogP contribution in [0.3, 0.4) is 0 Å². The molecule has 0 atom stereocenters. The van der Waals surface area contributed by atoms with Crippen molar-refractivity contribution < 1.29 is 22.7 Å². The van der Waals surface area contributed by atoms with Crippen LogP contribution in [-0.2, 0) is 39.1 Å². The number of aryl methyl sites for hydroxylation is 3. The molecule has 8 nitrogen and oxygen atoms in total. The molecule has 0 unspecified atom stereocenters. The second-order valence-electron chi connectivity index (χ2n) is 7.99. The molecule has 0 bridgehead atoms. The van der Waals surface area contributed by atoms with Crippen LogP contribution in [0.25, 0.3) is 11.0 Å². The number of thiophene rings is 1. The Bertz CT molecular complexity index is 1260. The van der Waals surface area contributed by atoms with Gasteiger partial charge in [-0.2, -0.15) is 4.31 Å². The second-order valence-corrected chi connectivity index (χ2v) is 11.1. The van der Waals surface area contributed by atoms with Crippen LogP contribution in [0.2, 0.25) is 0 Å². The maximum absolute atomic E-state index is 13.0. The van der Waals surface area contributed by atoms with Gasteiger partial charge in [0.2, 0.25) is 10.0 Å². The fourth-order valence-electron chi connectivity index (χ4n) is 4.01. The minimum Gasteiger partial charge on any atom is -0.453 e. The standard InChI is InChI=1S/C23H29N3O5S2/c1-4-8-26-19-7-6-17(33(28,29)25-9-11-30-12-10-25)14-18(19)24-22(26)15-31-23(27)21-13-16(3)20(5-2)32-21/h6-7,13-14H,4-5,8-12,15H2,1-3H3. The number of carbonyl (C=O) groups excluding carboxylic acids is 1. The number of aromatic nitrogens is 2. The first kappa shape index (κ1) is 23.9. The molecule has 0 aliphatic carbocycles. The van der Waals surface area contributed by atoms with Crippen LogP contribution in [0.1, 0.15) is 46.2 Å². The van der Waals surface area contributed by atoms with Crippen molar-refractivity contribution in [3.8, 4) is 0 Å². The zero-order chi connectivity index (χ0) is 23.6. The number of rotatable bonds is 8. The zero-order valence-corrected chi connectivity index (χ0v) is 20.8. The molecule has 1 aromatic carbocycles. The van der Waals surface area contributed by atoms with Gasteiger partial charge in [0.1, 0.15) is 17.3 Å². The number of fused-ring (bicyclic) bond motifs is 1. The molecular formula is C23H29N3O5S2. The fourth-order valence-corrected chi connectivity index (χ4v) is 6.45. The number of imidazole rings is 1. The summed E-state index contributed by atoms with van der Waals surface area (Å²) in [6.07, 6.45) is 1.75. The SMILES string of the molecule is CCCn1c(COC(=O)c2cc(C)c(CC)s2)nc2cc(S(=O)(=O)N3CCOCC3)ccc21. The number of carbonyl (C=O) groups is 1. The number of nitrogens with zero attached hydrogens (tertiary/aromatic N) is 3. The van der Waals surface area contributed by atoms with Gasteiger partial charge in [0, 0.05) is 24.5 Å². The van der Waals surface area contributed by atoms with Crippen LogP contribution < -0.4 is 0 Å². The molecule has 3 heterocycles. The van der Waals surface area contributed by atoms with Crippen LogP contribution in [0.4, 0.5) is 0 Å².